The highest BCUT2D eigenvalue weighted by atomic mass is 15.3. The van der Waals surface area contributed by atoms with Crippen LogP contribution in [0.4, 0.5) is 11.8 Å². The van der Waals surface area contributed by atoms with Gasteiger partial charge >= 0.3 is 0 Å². The maximum atomic E-state index is 5.83. The molecule has 0 bridgehead atoms. The molecule has 6 heteroatoms. The highest BCUT2D eigenvalue weighted by molar-refractivity contribution is 5.43. The first-order chi connectivity index (χ1) is 9.65. The normalized spacial score (nSPS) is 18.1. The molecule has 1 atom stereocenters. The summed E-state index contributed by atoms with van der Waals surface area (Å²) >= 11 is 0. The van der Waals surface area contributed by atoms with Crippen molar-refractivity contribution in [3.63, 3.8) is 0 Å². The van der Waals surface area contributed by atoms with Gasteiger partial charge in [-0.05, 0) is 12.5 Å². The quantitative estimate of drug-likeness (QED) is 0.841. The lowest BCUT2D eigenvalue weighted by molar-refractivity contribution is 0.184. The molecule has 20 heavy (non-hydrogen) atoms. The number of hydrogen-bond acceptors (Lipinski definition) is 6. The third-order valence-electron chi connectivity index (χ3n) is 3.93. The molecule has 1 aromatic heterocycles. The molecule has 1 fully saturated rings. The van der Waals surface area contributed by atoms with E-state index in [0.29, 0.717) is 6.04 Å². The molecule has 6 nitrogen and oxygen atoms in total. The van der Waals surface area contributed by atoms with Crippen LogP contribution in [0.25, 0.3) is 0 Å². The van der Waals surface area contributed by atoms with E-state index in [1.807, 2.05) is 31.3 Å². The second kappa shape index (κ2) is 6.85. The second-order valence-corrected chi connectivity index (χ2v) is 5.43. The van der Waals surface area contributed by atoms with Crippen molar-refractivity contribution in [3.8, 4) is 0 Å². The lowest BCUT2D eigenvalue weighted by atomic mass is 10.1. The van der Waals surface area contributed by atoms with E-state index < -0.39 is 0 Å². The number of aromatic nitrogens is 2. The Bertz CT molecular complexity index is 410. The van der Waals surface area contributed by atoms with E-state index in [0.717, 1.165) is 50.9 Å². The third-order valence-corrected chi connectivity index (χ3v) is 3.93. The van der Waals surface area contributed by atoms with Crippen LogP contribution in [0.3, 0.4) is 0 Å². The first-order valence-corrected chi connectivity index (χ1v) is 7.35. The van der Waals surface area contributed by atoms with Crippen LogP contribution in [-0.2, 0) is 0 Å². The monoisotopic (exact) mass is 278 g/mol. The number of nitrogens with zero attached hydrogens (tertiary/aromatic N) is 5. The Kier molecular flexibility index (Phi) is 5.14. The maximum absolute atomic E-state index is 5.83. The first kappa shape index (κ1) is 15.0. The van der Waals surface area contributed by atoms with Gasteiger partial charge in [0.15, 0.2) is 0 Å². The Morgan fingerprint density at radius 1 is 1.30 bits per heavy atom. The van der Waals surface area contributed by atoms with Gasteiger partial charge in [0.2, 0.25) is 5.95 Å². The summed E-state index contributed by atoms with van der Waals surface area (Å²) in [6.45, 7) is 7.06. The molecule has 0 radical (unpaired) electrons. The smallest absolute Gasteiger partial charge is 0.226 e. The fourth-order valence-electron chi connectivity index (χ4n) is 2.62. The van der Waals surface area contributed by atoms with Crippen molar-refractivity contribution in [1.82, 2.24) is 14.9 Å². The van der Waals surface area contributed by atoms with Gasteiger partial charge in [-0.15, -0.1) is 0 Å². The lowest BCUT2D eigenvalue weighted by Crippen LogP contribution is -2.52. The molecule has 1 saturated heterocycles. The number of hydrogen-bond donors (Lipinski definition) is 1. The van der Waals surface area contributed by atoms with Gasteiger partial charge in [0.05, 0.1) is 0 Å². The number of nitrogens with two attached hydrogens (primary N) is 1. The van der Waals surface area contributed by atoms with Gasteiger partial charge in [0.1, 0.15) is 5.82 Å². The minimum atomic E-state index is 0.514. The van der Waals surface area contributed by atoms with Crippen molar-refractivity contribution >= 4 is 11.8 Å². The summed E-state index contributed by atoms with van der Waals surface area (Å²) in [4.78, 5) is 15.6. The highest BCUT2D eigenvalue weighted by Gasteiger charge is 2.22. The summed E-state index contributed by atoms with van der Waals surface area (Å²) in [5.74, 6) is 1.78. The molecule has 2 N–H and O–H groups in total. The predicted molar refractivity (Wildman–Crippen MR) is 83.3 cm³/mol. The molecular formula is C14H26N6. The summed E-state index contributed by atoms with van der Waals surface area (Å²) in [7, 11) is 3.92. The summed E-state index contributed by atoms with van der Waals surface area (Å²) in [6.07, 6.45) is 2.95. The second-order valence-electron chi connectivity index (χ2n) is 5.43. The fraction of sp³-hybridized carbons (Fsp3) is 0.714. The predicted octanol–water partition coefficient (Wildman–Crippen LogP) is 0.402. The lowest BCUT2D eigenvalue weighted by Gasteiger charge is -2.39. The topological polar surface area (TPSA) is 61.5 Å². The van der Waals surface area contributed by atoms with Crippen LogP contribution in [0.2, 0.25) is 0 Å². The summed E-state index contributed by atoms with van der Waals surface area (Å²) in [5.41, 5.74) is 5.83. The average Bonchev–Trinajstić information content (AvgIpc) is 2.49. The van der Waals surface area contributed by atoms with Crippen LogP contribution in [0.5, 0.6) is 0 Å². The van der Waals surface area contributed by atoms with Crippen LogP contribution in [-0.4, -0.2) is 67.7 Å². The van der Waals surface area contributed by atoms with E-state index >= 15 is 0 Å². The Labute approximate surface area is 121 Å². The standard InChI is InChI=1S/C14H26N6/c1-4-12(11-15)19-7-9-20(10-8-19)13-5-6-16-14(17-13)18(2)3/h5-6,12H,4,7-11,15H2,1-3H3. The van der Waals surface area contributed by atoms with Crippen molar-refractivity contribution in [3.05, 3.63) is 12.3 Å². The summed E-state index contributed by atoms with van der Waals surface area (Å²) in [5, 5.41) is 0. The van der Waals surface area contributed by atoms with Gasteiger partial charge in [-0.2, -0.15) is 4.98 Å². The molecule has 2 rings (SSSR count). The number of piperazine rings is 1. The average molecular weight is 278 g/mol. The zero-order chi connectivity index (χ0) is 14.5. The van der Waals surface area contributed by atoms with Crippen LogP contribution in [0.1, 0.15) is 13.3 Å². The summed E-state index contributed by atoms with van der Waals surface area (Å²) in [6, 6.07) is 2.50. The molecule has 2 heterocycles. The minimum Gasteiger partial charge on any atom is -0.354 e. The molecule has 0 amide bonds. The maximum Gasteiger partial charge on any atom is 0.226 e. The molecule has 1 unspecified atom stereocenters. The Hall–Kier alpha value is -1.40. The Balaban J connectivity index is 1.98. The van der Waals surface area contributed by atoms with Gasteiger partial charge in [-0.1, -0.05) is 6.92 Å². The summed E-state index contributed by atoms with van der Waals surface area (Å²) < 4.78 is 0. The van der Waals surface area contributed by atoms with E-state index in [1.165, 1.54) is 0 Å². The fourth-order valence-corrected chi connectivity index (χ4v) is 2.62. The van der Waals surface area contributed by atoms with Crippen molar-refractivity contribution in [2.45, 2.75) is 19.4 Å². The third kappa shape index (κ3) is 3.37. The molecule has 112 valence electrons. The number of rotatable bonds is 5. The number of anilines is 2. The van der Waals surface area contributed by atoms with Crippen molar-refractivity contribution < 1.29 is 0 Å². The SMILES string of the molecule is CCC(CN)N1CCN(c2ccnc(N(C)C)n2)CC1. The molecule has 1 aromatic rings. The zero-order valence-corrected chi connectivity index (χ0v) is 12.8. The largest absolute Gasteiger partial charge is 0.354 e. The molecule has 0 aromatic carbocycles. The molecular weight excluding hydrogens is 252 g/mol. The highest BCUT2D eigenvalue weighted by Crippen LogP contribution is 2.17. The van der Waals surface area contributed by atoms with E-state index in [9.17, 15) is 0 Å². The van der Waals surface area contributed by atoms with E-state index in [4.69, 9.17) is 5.73 Å². The first-order valence-electron chi connectivity index (χ1n) is 7.35. The van der Waals surface area contributed by atoms with Gasteiger partial charge in [0.25, 0.3) is 0 Å². The van der Waals surface area contributed by atoms with E-state index in [1.54, 1.807) is 0 Å². The van der Waals surface area contributed by atoms with Crippen LogP contribution in [0, 0.1) is 0 Å². The van der Waals surface area contributed by atoms with Gasteiger partial charge in [-0.25, -0.2) is 4.98 Å². The van der Waals surface area contributed by atoms with Crippen molar-refractivity contribution in [2.75, 3.05) is 56.6 Å². The van der Waals surface area contributed by atoms with E-state index in [-0.39, 0.29) is 0 Å². The van der Waals surface area contributed by atoms with Gasteiger partial charge in [-0.3, -0.25) is 4.90 Å². The molecule has 0 aliphatic carbocycles. The van der Waals surface area contributed by atoms with Crippen LogP contribution >= 0.6 is 0 Å². The van der Waals surface area contributed by atoms with E-state index in [2.05, 4.69) is 26.7 Å². The molecule has 0 spiro atoms. The minimum absolute atomic E-state index is 0.514. The van der Waals surface area contributed by atoms with Gasteiger partial charge < -0.3 is 15.5 Å². The molecule has 1 aliphatic rings. The van der Waals surface area contributed by atoms with Crippen molar-refractivity contribution in [2.24, 2.45) is 5.73 Å². The Morgan fingerprint density at radius 3 is 2.55 bits per heavy atom. The van der Waals surface area contributed by atoms with Gasteiger partial charge in [0, 0.05) is 59.1 Å². The zero-order valence-electron chi connectivity index (χ0n) is 12.8. The molecule has 0 saturated carbocycles. The van der Waals surface area contributed by atoms with Crippen LogP contribution in [0.15, 0.2) is 12.3 Å². The molecule has 1 aliphatic heterocycles. The van der Waals surface area contributed by atoms with Crippen LogP contribution < -0.4 is 15.5 Å². The van der Waals surface area contributed by atoms with Crippen molar-refractivity contribution in [1.29, 1.82) is 0 Å². The Morgan fingerprint density at radius 2 is 2.00 bits per heavy atom.